The summed E-state index contributed by atoms with van der Waals surface area (Å²) in [6.07, 6.45) is 3.85. The number of H-pyrrole nitrogens is 1. The van der Waals surface area contributed by atoms with E-state index in [1.54, 1.807) is 6.92 Å². The highest BCUT2D eigenvalue weighted by Crippen LogP contribution is 2.00. The van der Waals surface area contributed by atoms with Crippen molar-refractivity contribution in [1.29, 1.82) is 0 Å². The number of aromatic nitrogens is 2. The van der Waals surface area contributed by atoms with Gasteiger partial charge in [-0.1, -0.05) is 17.3 Å². The van der Waals surface area contributed by atoms with E-state index in [2.05, 4.69) is 4.98 Å². The minimum absolute atomic E-state index is 0.520. The Hall–Kier alpha value is -0.880. The highest BCUT2D eigenvalue weighted by atomic mass is 32.2. The summed E-state index contributed by atoms with van der Waals surface area (Å²) in [5.41, 5.74) is 0.716. The van der Waals surface area contributed by atoms with Gasteiger partial charge in [0.05, 0.1) is 6.42 Å². The zero-order valence-corrected chi connectivity index (χ0v) is 9.13. The summed E-state index contributed by atoms with van der Waals surface area (Å²) in [6, 6.07) is 0. The molecule has 0 radical (unpaired) electrons. The molecule has 0 saturated carbocycles. The summed E-state index contributed by atoms with van der Waals surface area (Å²) in [7, 11) is -4.16. The fourth-order valence-electron chi connectivity index (χ4n) is 1.29. The van der Waals surface area contributed by atoms with E-state index in [9.17, 15) is 8.42 Å². The van der Waals surface area contributed by atoms with Crippen LogP contribution in [0.25, 0.3) is 0 Å². The van der Waals surface area contributed by atoms with Gasteiger partial charge in [0.1, 0.15) is 5.69 Å². The Morgan fingerprint density at radius 1 is 1.57 bits per heavy atom. The molecule has 14 heavy (non-hydrogen) atoms. The lowest BCUT2D eigenvalue weighted by molar-refractivity contribution is -0.527. The van der Waals surface area contributed by atoms with Crippen molar-refractivity contribution >= 4 is 10.3 Å². The van der Waals surface area contributed by atoms with E-state index in [1.165, 1.54) is 6.20 Å². The Bertz CT molecular complexity index is 408. The van der Waals surface area contributed by atoms with Crippen molar-refractivity contribution in [2.75, 3.05) is 0 Å². The van der Waals surface area contributed by atoms with Crippen LogP contribution >= 0.6 is 0 Å². The van der Waals surface area contributed by atoms with Crippen molar-refractivity contribution in [1.82, 2.24) is 4.98 Å². The van der Waals surface area contributed by atoms with E-state index >= 15 is 0 Å². The first-order valence-corrected chi connectivity index (χ1v) is 5.93. The molecule has 0 spiro atoms. The van der Waals surface area contributed by atoms with Crippen LogP contribution in [-0.2, 0) is 16.7 Å². The summed E-state index contributed by atoms with van der Waals surface area (Å²) < 4.78 is 31.6. The Labute approximate surface area is 83.7 Å². The number of rotatable bonds is 4. The van der Waals surface area contributed by atoms with Gasteiger partial charge in [0, 0.05) is 6.92 Å². The second-order valence-corrected chi connectivity index (χ2v) is 4.55. The molecule has 0 atom stereocenters. The van der Waals surface area contributed by atoms with Crippen molar-refractivity contribution in [2.45, 2.75) is 33.1 Å². The Morgan fingerprint density at radius 3 is 2.71 bits per heavy atom. The van der Waals surface area contributed by atoms with E-state index < -0.39 is 10.3 Å². The molecule has 0 aliphatic heterocycles. The number of hydrogen-bond acceptors (Lipinski definition) is 2. The molecule has 0 bridgehead atoms. The number of unbranched alkanes of at least 4 members (excludes halogenated alkanes) is 1. The van der Waals surface area contributed by atoms with Crippen molar-refractivity contribution in [3.8, 4) is 0 Å². The Kier molecular flexibility index (Phi) is 3.28. The van der Waals surface area contributed by atoms with Crippen LogP contribution in [-0.4, -0.2) is 18.0 Å². The second-order valence-electron chi connectivity index (χ2n) is 3.26. The van der Waals surface area contributed by atoms with Gasteiger partial charge in [-0.15, -0.1) is 0 Å². The molecular weight excluding hydrogens is 204 g/mol. The van der Waals surface area contributed by atoms with Crippen LogP contribution in [0.2, 0.25) is 0 Å². The summed E-state index contributed by atoms with van der Waals surface area (Å²) in [4.78, 5) is 2.91. The van der Waals surface area contributed by atoms with E-state index in [4.69, 9.17) is 4.55 Å². The van der Waals surface area contributed by atoms with Crippen LogP contribution < -0.4 is 3.97 Å². The van der Waals surface area contributed by atoms with Crippen LogP contribution in [0.15, 0.2) is 6.20 Å². The van der Waals surface area contributed by atoms with Crippen molar-refractivity contribution < 1.29 is 16.9 Å². The fourth-order valence-corrected chi connectivity index (χ4v) is 2.00. The Morgan fingerprint density at radius 2 is 2.21 bits per heavy atom. The zero-order chi connectivity index (χ0) is 10.8. The lowest BCUT2D eigenvalue weighted by Gasteiger charge is -1.94. The molecule has 5 nitrogen and oxygen atoms in total. The third-order valence-corrected chi connectivity index (χ3v) is 2.76. The van der Waals surface area contributed by atoms with Crippen LogP contribution in [0.4, 0.5) is 0 Å². The van der Waals surface area contributed by atoms with E-state index in [0.717, 1.165) is 16.8 Å². The lowest BCUT2D eigenvalue weighted by Crippen LogP contribution is -2.44. The third-order valence-electron chi connectivity index (χ3n) is 1.93. The molecule has 2 N–H and O–H groups in total. The molecule has 1 aromatic rings. The first-order chi connectivity index (χ1) is 6.45. The van der Waals surface area contributed by atoms with E-state index in [0.29, 0.717) is 17.9 Å². The first-order valence-electron chi connectivity index (χ1n) is 4.53. The van der Waals surface area contributed by atoms with Gasteiger partial charge in [-0.05, 0) is 6.42 Å². The predicted octanol–water partition coefficient (Wildman–Crippen LogP) is 0.604. The molecular formula is C8H15N2O3S+. The zero-order valence-electron chi connectivity index (χ0n) is 8.32. The van der Waals surface area contributed by atoms with E-state index in [1.807, 2.05) is 6.92 Å². The average Bonchev–Trinajstić information content (AvgIpc) is 2.42. The van der Waals surface area contributed by atoms with Crippen molar-refractivity contribution in [3.05, 3.63) is 17.7 Å². The number of nitrogens with one attached hydrogen (secondary N) is 1. The molecule has 1 rings (SSSR count). The maximum absolute atomic E-state index is 10.9. The van der Waals surface area contributed by atoms with Gasteiger partial charge in [-0.2, -0.15) is 8.42 Å². The number of aryl methyl sites for hydroxylation is 2. The van der Waals surface area contributed by atoms with Crippen molar-refractivity contribution in [2.24, 2.45) is 0 Å². The lowest BCUT2D eigenvalue weighted by atomic mass is 10.2. The second kappa shape index (κ2) is 4.10. The predicted molar refractivity (Wildman–Crippen MR) is 51.3 cm³/mol. The standard InChI is InChI=1S/C8H14N2O3S/c1-3-4-5-8-9-7(2)6-10(8)14(11,12)13/h6H,3-5H2,1-2H3,(H,11,12,13)/p+1. The average molecular weight is 219 g/mol. The summed E-state index contributed by atoms with van der Waals surface area (Å²) in [5.74, 6) is 0.520. The minimum atomic E-state index is -4.16. The maximum Gasteiger partial charge on any atom is 0.439 e. The molecule has 1 aromatic heterocycles. The fraction of sp³-hybridized carbons (Fsp3) is 0.625. The highest BCUT2D eigenvalue weighted by molar-refractivity contribution is 7.79. The molecule has 0 saturated heterocycles. The van der Waals surface area contributed by atoms with Gasteiger partial charge in [0.15, 0.2) is 6.20 Å². The molecule has 0 aromatic carbocycles. The smallest absolute Gasteiger partial charge is 0.251 e. The van der Waals surface area contributed by atoms with Gasteiger partial charge >= 0.3 is 10.3 Å². The van der Waals surface area contributed by atoms with Crippen LogP contribution in [0.1, 0.15) is 31.3 Å². The van der Waals surface area contributed by atoms with Gasteiger partial charge in [0.2, 0.25) is 0 Å². The van der Waals surface area contributed by atoms with Gasteiger partial charge in [-0.3, -0.25) is 4.55 Å². The molecule has 0 fully saturated rings. The maximum atomic E-state index is 10.9. The molecule has 0 unspecified atom stereocenters. The highest BCUT2D eigenvalue weighted by Gasteiger charge is 2.22. The molecule has 6 heteroatoms. The number of aromatic amines is 1. The van der Waals surface area contributed by atoms with Gasteiger partial charge in [0.25, 0.3) is 5.82 Å². The number of imidazole rings is 1. The monoisotopic (exact) mass is 219 g/mol. The molecule has 0 amide bonds. The third kappa shape index (κ3) is 2.55. The first kappa shape index (κ1) is 11.2. The quantitative estimate of drug-likeness (QED) is 0.575. The van der Waals surface area contributed by atoms with Crippen LogP contribution in [0.5, 0.6) is 0 Å². The van der Waals surface area contributed by atoms with Crippen molar-refractivity contribution in [3.63, 3.8) is 0 Å². The number of hydrogen-bond donors (Lipinski definition) is 2. The van der Waals surface area contributed by atoms with Gasteiger partial charge < -0.3 is 0 Å². The van der Waals surface area contributed by atoms with Gasteiger partial charge in [-0.25, -0.2) is 4.98 Å². The molecule has 0 aliphatic carbocycles. The number of nitrogens with zero attached hydrogens (tertiary/aromatic N) is 1. The molecule has 1 heterocycles. The summed E-state index contributed by atoms with van der Waals surface area (Å²) >= 11 is 0. The SMILES string of the molecule is CCCCc1[nH]c(C)c[n+]1S(=O)(=O)O. The topological polar surface area (TPSA) is 74.0 Å². The van der Waals surface area contributed by atoms with E-state index in [-0.39, 0.29) is 0 Å². The Balaban J connectivity index is 3.04. The largest absolute Gasteiger partial charge is 0.439 e. The van der Waals surface area contributed by atoms with Crippen LogP contribution in [0.3, 0.4) is 0 Å². The summed E-state index contributed by atoms with van der Waals surface area (Å²) in [5, 5.41) is 0. The minimum Gasteiger partial charge on any atom is -0.251 e. The summed E-state index contributed by atoms with van der Waals surface area (Å²) in [6.45, 7) is 3.77. The molecule has 0 aliphatic rings. The van der Waals surface area contributed by atoms with Crippen LogP contribution in [0, 0.1) is 6.92 Å². The molecule has 80 valence electrons. The normalized spacial score (nSPS) is 11.9.